The first kappa shape index (κ1) is 14.8. The Labute approximate surface area is 111 Å². The van der Waals surface area contributed by atoms with E-state index in [9.17, 15) is 14.9 Å². The molecule has 19 heavy (non-hydrogen) atoms. The van der Waals surface area contributed by atoms with E-state index in [0.29, 0.717) is 5.56 Å². The van der Waals surface area contributed by atoms with Gasteiger partial charge in [0.25, 0.3) is 5.69 Å². The van der Waals surface area contributed by atoms with Gasteiger partial charge in [0.15, 0.2) is 0 Å². The highest BCUT2D eigenvalue weighted by Crippen LogP contribution is 2.18. The quantitative estimate of drug-likeness (QED) is 0.495. The molecule has 0 bridgehead atoms. The summed E-state index contributed by atoms with van der Waals surface area (Å²) in [5.74, 6) is -0.320. The number of nitrogens with zero attached hydrogens (tertiary/aromatic N) is 2. The molecule has 6 heteroatoms. The maximum Gasteiger partial charge on any atom is 0.276 e. The molecule has 1 aromatic carbocycles. The fraction of sp³-hybridized carbons (Fsp3) is 0.308. The third kappa shape index (κ3) is 4.51. The number of benzene rings is 1. The lowest BCUT2D eigenvalue weighted by molar-refractivity contribution is -0.385. The fourth-order valence-corrected chi connectivity index (χ4v) is 1.57. The minimum absolute atomic E-state index is 0.0512. The Bertz CT molecular complexity index is 497. The van der Waals surface area contributed by atoms with Crippen LogP contribution in [0.4, 0.5) is 5.69 Å². The number of para-hydroxylation sites is 1. The summed E-state index contributed by atoms with van der Waals surface area (Å²) >= 11 is 0. The number of hydrogen-bond acceptors (Lipinski definition) is 4. The predicted octanol–water partition coefficient (Wildman–Crippen LogP) is 1.45. The van der Waals surface area contributed by atoms with Crippen LogP contribution in [0.15, 0.2) is 30.3 Å². The first-order chi connectivity index (χ1) is 8.91. The highest BCUT2D eigenvalue weighted by atomic mass is 16.6. The number of hydrogen-bond donors (Lipinski definition) is 1. The Kier molecular flexibility index (Phi) is 5.20. The van der Waals surface area contributed by atoms with Crippen molar-refractivity contribution in [2.75, 3.05) is 13.6 Å². The molecule has 0 aliphatic carbocycles. The molecule has 1 N–H and O–H groups in total. The summed E-state index contributed by atoms with van der Waals surface area (Å²) in [5.41, 5.74) is 0.316. The van der Waals surface area contributed by atoms with E-state index in [4.69, 9.17) is 5.11 Å². The fourth-order valence-electron chi connectivity index (χ4n) is 1.57. The zero-order chi connectivity index (χ0) is 14.4. The molecule has 1 unspecified atom stereocenters. The Morgan fingerprint density at radius 1 is 1.53 bits per heavy atom. The molecule has 102 valence electrons. The summed E-state index contributed by atoms with van der Waals surface area (Å²) in [7, 11) is 1.55. The maximum atomic E-state index is 11.7. The van der Waals surface area contributed by atoms with Crippen molar-refractivity contribution in [1.29, 1.82) is 0 Å². The maximum absolute atomic E-state index is 11.7. The minimum atomic E-state index is -0.617. The second-order valence-electron chi connectivity index (χ2n) is 4.22. The van der Waals surface area contributed by atoms with Crippen molar-refractivity contribution in [2.45, 2.75) is 13.0 Å². The second-order valence-corrected chi connectivity index (χ2v) is 4.22. The van der Waals surface area contributed by atoms with Crippen LogP contribution in [0.1, 0.15) is 12.5 Å². The number of nitro benzene ring substituents is 1. The van der Waals surface area contributed by atoms with E-state index >= 15 is 0 Å². The summed E-state index contributed by atoms with van der Waals surface area (Å²) in [6.07, 6.45) is 2.04. The van der Waals surface area contributed by atoms with Crippen LogP contribution >= 0.6 is 0 Å². The van der Waals surface area contributed by atoms with Gasteiger partial charge in [0, 0.05) is 25.7 Å². The van der Waals surface area contributed by atoms with Crippen LogP contribution in [0.3, 0.4) is 0 Å². The van der Waals surface area contributed by atoms with Crippen molar-refractivity contribution in [2.24, 2.45) is 0 Å². The van der Waals surface area contributed by atoms with E-state index in [1.165, 1.54) is 23.1 Å². The van der Waals surface area contributed by atoms with Gasteiger partial charge < -0.3 is 10.0 Å². The zero-order valence-corrected chi connectivity index (χ0v) is 10.8. The highest BCUT2D eigenvalue weighted by Gasteiger charge is 2.11. The van der Waals surface area contributed by atoms with Crippen molar-refractivity contribution in [3.05, 3.63) is 46.0 Å². The first-order valence-electron chi connectivity index (χ1n) is 5.76. The molecule has 0 heterocycles. The molecule has 1 rings (SSSR count). The standard InChI is InChI=1S/C13H16N2O4/c1-10(16)9-14(2)13(17)8-7-11-5-3-4-6-12(11)15(18)19/h3-8,10,16H,9H2,1-2H3. The van der Waals surface area contributed by atoms with Gasteiger partial charge >= 0.3 is 0 Å². The lowest BCUT2D eigenvalue weighted by Gasteiger charge is -2.16. The van der Waals surface area contributed by atoms with E-state index in [-0.39, 0.29) is 18.1 Å². The van der Waals surface area contributed by atoms with Gasteiger partial charge in [-0.15, -0.1) is 0 Å². The van der Waals surface area contributed by atoms with Crippen molar-refractivity contribution in [3.8, 4) is 0 Å². The van der Waals surface area contributed by atoms with Gasteiger partial charge in [-0.2, -0.15) is 0 Å². The van der Waals surface area contributed by atoms with Crippen LogP contribution in [0.25, 0.3) is 6.08 Å². The molecular weight excluding hydrogens is 248 g/mol. The summed E-state index contributed by atoms with van der Waals surface area (Å²) in [6.45, 7) is 1.79. The van der Waals surface area contributed by atoms with Crippen LogP contribution in [-0.4, -0.2) is 40.5 Å². The van der Waals surface area contributed by atoms with E-state index in [0.717, 1.165) is 0 Å². The average molecular weight is 264 g/mol. The predicted molar refractivity (Wildman–Crippen MR) is 71.4 cm³/mol. The molecule has 1 amide bonds. The van der Waals surface area contributed by atoms with Crippen molar-refractivity contribution in [3.63, 3.8) is 0 Å². The number of nitro groups is 1. The molecule has 0 aliphatic rings. The number of amides is 1. The molecule has 0 radical (unpaired) electrons. The molecule has 0 aliphatic heterocycles. The largest absolute Gasteiger partial charge is 0.392 e. The summed E-state index contributed by atoms with van der Waals surface area (Å²) in [6, 6.07) is 6.17. The molecular formula is C13H16N2O4. The van der Waals surface area contributed by atoms with Crippen LogP contribution in [-0.2, 0) is 4.79 Å². The molecule has 6 nitrogen and oxygen atoms in total. The molecule has 0 aromatic heterocycles. The average Bonchev–Trinajstić information content (AvgIpc) is 2.35. The third-order valence-electron chi connectivity index (χ3n) is 2.45. The summed E-state index contributed by atoms with van der Waals surface area (Å²) in [4.78, 5) is 23.3. The van der Waals surface area contributed by atoms with E-state index < -0.39 is 11.0 Å². The first-order valence-corrected chi connectivity index (χ1v) is 5.76. The van der Waals surface area contributed by atoms with E-state index in [1.54, 1.807) is 32.2 Å². The number of likely N-dealkylation sites (N-methyl/N-ethyl adjacent to an activating group) is 1. The highest BCUT2D eigenvalue weighted by molar-refractivity contribution is 5.92. The number of rotatable bonds is 5. The third-order valence-corrected chi connectivity index (χ3v) is 2.45. The van der Waals surface area contributed by atoms with Gasteiger partial charge in [-0.1, -0.05) is 12.1 Å². The summed E-state index contributed by atoms with van der Waals surface area (Å²) < 4.78 is 0. The molecule has 0 spiro atoms. The topological polar surface area (TPSA) is 83.7 Å². The van der Waals surface area contributed by atoms with Crippen LogP contribution in [0.2, 0.25) is 0 Å². The lowest BCUT2D eigenvalue weighted by Crippen LogP contribution is -2.31. The van der Waals surface area contributed by atoms with Gasteiger partial charge in [0.2, 0.25) is 5.91 Å². The Hall–Kier alpha value is -2.21. The minimum Gasteiger partial charge on any atom is -0.392 e. The lowest BCUT2D eigenvalue weighted by atomic mass is 10.1. The zero-order valence-electron chi connectivity index (χ0n) is 10.8. The second kappa shape index (κ2) is 6.65. The van der Waals surface area contributed by atoms with Gasteiger partial charge in [0.05, 0.1) is 16.6 Å². The van der Waals surface area contributed by atoms with Crippen molar-refractivity contribution >= 4 is 17.7 Å². The van der Waals surface area contributed by atoms with Gasteiger partial charge in [0.1, 0.15) is 0 Å². The number of carbonyl (C=O) groups excluding carboxylic acids is 1. The molecule has 0 saturated heterocycles. The SMILES string of the molecule is CC(O)CN(C)C(=O)C=Cc1ccccc1[N+](=O)[O-]. The monoisotopic (exact) mass is 264 g/mol. The van der Waals surface area contributed by atoms with E-state index in [1.807, 2.05) is 0 Å². The van der Waals surface area contributed by atoms with E-state index in [2.05, 4.69) is 0 Å². The normalized spacial score (nSPS) is 12.4. The number of aliphatic hydroxyl groups excluding tert-OH is 1. The molecule has 0 fully saturated rings. The molecule has 1 atom stereocenters. The number of aliphatic hydroxyl groups is 1. The molecule has 0 saturated carbocycles. The van der Waals surface area contributed by atoms with Crippen LogP contribution in [0.5, 0.6) is 0 Å². The Balaban J connectivity index is 2.82. The smallest absolute Gasteiger partial charge is 0.276 e. The Morgan fingerprint density at radius 3 is 2.74 bits per heavy atom. The van der Waals surface area contributed by atoms with Gasteiger partial charge in [-0.3, -0.25) is 14.9 Å². The van der Waals surface area contributed by atoms with Crippen molar-refractivity contribution in [1.82, 2.24) is 4.90 Å². The van der Waals surface area contributed by atoms with Gasteiger partial charge in [-0.05, 0) is 19.1 Å². The summed E-state index contributed by atoms with van der Waals surface area (Å²) in [5, 5.41) is 20.0. The van der Waals surface area contributed by atoms with Gasteiger partial charge in [-0.25, -0.2) is 0 Å². The number of carbonyl (C=O) groups is 1. The Morgan fingerprint density at radius 2 is 2.16 bits per heavy atom. The van der Waals surface area contributed by atoms with Crippen LogP contribution < -0.4 is 0 Å². The van der Waals surface area contributed by atoms with Crippen molar-refractivity contribution < 1.29 is 14.8 Å². The van der Waals surface area contributed by atoms with Crippen LogP contribution in [0, 0.1) is 10.1 Å². The molecule has 1 aromatic rings.